The van der Waals surface area contributed by atoms with Crippen LogP contribution >= 0.6 is 15.9 Å². The molecule has 158 valence electrons. The van der Waals surface area contributed by atoms with Crippen molar-refractivity contribution in [2.24, 2.45) is 23.2 Å². The van der Waals surface area contributed by atoms with Crippen LogP contribution in [0, 0.1) is 23.2 Å². The Hall–Kier alpha value is -1.46. The minimum absolute atomic E-state index is 0.536. The third-order valence-corrected chi connectivity index (χ3v) is 8.67. The van der Waals surface area contributed by atoms with Crippen LogP contribution in [0.1, 0.15) is 55.3 Å². The van der Waals surface area contributed by atoms with Crippen molar-refractivity contribution in [3.05, 3.63) is 51.9 Å². The highest BCUT2D eigenvalue weighted by molar-refractivity contribution is 9.10. The molecule has 7 rings (SSSR count). The molecule has 2 aromatic rings. The first-order valence-electron chi connectivity index (χ1n) is 11.7. The minimum atomic E-state index is 0.536. The Balaban J connectivity index is 1.14. The summed E-state index contributed by atoms with van der Waals surface area (Å²) >= 11 is 3.59. The first-order valence-corrected chi connectivity index (χ1v) is 12.5. The summed E-state index contributed by atoms with van der Waals surface area (Å²) < 4.78 is 1.15. The first-order chi connectivity index (χ1) is 14.6. The van der Waals surface area contributed by atoms with E-state index in [1.54, 1.807) is 6.33 Å². The molecule has 0 unspecified atom stereocenters. The van der Waals surface area contributed by atoms with E-state index in [2.05, 4.69) is 60.4 Å². The number of fused-ring (bicyclic) bond motifs is 1. The number of nitrogens with one attached hydrogen (secondary N) is 1. The fourth-order valence-corrected chi connectivity index (χ4v) is 7.81. The molecule has 2 heterocycles. The Bertz CT molecular complexity index is 907. The van der Waals surface area contributed by atoms with Crippen LogP contribution in [0.4, 0.5) is 5.82 Å². The summed E-state index contributed by atoms with van der Waals surface area (Å²) in [6, 6.07) is 8.63. The number of halogens is 1. The van der Waals surface area contributed by atoms with Gasteiger partial charge >= 0.3 is 0 Å². The Labute approximate surface area is 188 Å². The van der Waals surface area contributed by atoms with E-state index in [4.69, 9.17) is 0 Å². The Morgan fingerprint density at radius 3 is 2.57 bits per heavy atom. The number of nitrogens with zero attached hydrogens (tertiary/aromatic N) is 3. The average molecular weight is 467 g/mol. The highest BCUT2D eigenvalue weighted by Crippen LogP contribution is 2.59. The van der Waals surface area contributed by atoms with Gasteiger partial charge in [-0.15, -0.1) is 0 Å². The SMILES string of the molecule is Brc1cccc(CN2CCc3c(ncnc3NCC34CC5CC(CC(C5)C3)C4)C2)c1. The van der Waals surface area contributed by atoms with Crippen molar-refractivity contribution in [2.75, 3.05) is 18.4 Å². The van der Waals surface area contributed by atoms with Crippen LogP contribution in [0.15, 0.2) is 35.1 Å². The molecule has 4 aliphatic carbocycles. The van der Waals surface area contributed by atoms with Crippen LogP contribution in [-0.4, -0.2) is 28.0 Å². The number of benzene rings is 1. The predicted octanol–water partition coefficient (Wildman–Crippen LogP) is 5.43. The van der Waals surface area contributed by atoms with E-state index in [9.17, 15) is 0 Å². The fourth-order valence-electron chi connectivity index (χ4n) is 7.37. The lowest BCUT2D eigenvalue weighted by Gasteiger charge is -2.57. The maximum atomic E-state index is 4.68. The highest BCUT2D eigenvalue weighted by Gasteiger charge is 2.50. The van der Waals surface area contributed by atoms with Crippen LogP contribution in [0.5, 0.6) is 0 Å². The number of aromatic nitrogens is 2. The molecule has 5 heteroatoms. The maximum absolute atomic E-state index is 4.68. The van der Waals surface area contributed by atoms with Crippen LogP contribution in [0.25, 0.3) is 0 Å². The molecule has 0 saturated heterocycles. The Morgan fingerprint density at radius 2 is 1.83 bits per heavy atom. The van der Waals surface area contributed by atoms with E-state index in [-0.39, 0.29) is 0 Å². The van der Waals surface area contributed by atoms with Crippen molar-refractivity contribution >= 4 is 21.7 Å². The zero-order valence-electron chi connectivity index (χ0n) is 17.6. The highest BCUT2D eigenvalue weighted by atomic mass is 79.9. The molecule has 0 atom stereocenters. The maximum Gasteiger partial charge on any atom is 0.132 e. The standard InChI is InChI=1S/C25H31BrN4/c26-21-3-1-2-17(9-21)13-30-5-4-22-23(14-30)28-16-29-24(22)27-15-25-10-18-6-19(11-25)8-20(7-18)12-25/h1-3,9,16,18-20H,4-8,10-15H2,(H,27,28,29). The molecule has 0 amide bonds. The quantitative estimate of drug-likeness (QED) is 0.637. The molecule has 4 nitrogen and oxygen atoms in total. The van der Waals surface area contributed by atoms with Gasteiger partial charge in [0, 0.05) is 36.2 Å². The molecule has 4 fully saturated rings. The van der Waals surface area contributed by atoms with Crippen LogP contribution in [-0.2, 0) is 19.5 Å². The summed E-state index contributed by atoms with van der Waals surface area (Å²) in [5.41, 5.74) is 4.45. The van der Waals surface area contributed by atoms with Gasteiger partial charge in [0.15, 0.2) is 0 Å². The lowest BCUT2D eigenvalue weighted by Crippen LogP contribution is -2.49. The molecular weight excluding hydrogens is 436 g/mol. The van der Waals surface area contributed by atoms with Crippen molar-refractivity contribution in [1.29, 1.82) is 0 Å². The van der Waals surface area contributed by atoms with Gasteiger partial charge in [-0.2, -0.15) is 0 Å². The predicted molar refractivity (Wildman–Crippen MR) is 123 cm³/mol. The van der Waals surface area contributed by atoms with Crippen molar-refractivity contribution in [3.8, 4) is 0 Å². The molecule has 1 aromatic heterocycles. The van der Waals surface area contributed by atoms with E-state index >= 15 is 0 Å². The molecule has 30 heavy (non-hydrogen) atoms. The van der Waals surface area contributed by atoms with Crippen molar-refractivity contribution in [3.63, 3.8) is 0 Å². The number of rotatable bonds is 5. The van der Waals surface area contributed by atoms with Crippen LogP contribution < -0.4 is 5.32 Å². The van der Waals surface area contributed by atoms with Crippen molar-refractivity contribution in [2.45, 2.75) is 58.0 Å². The van der Waals surface area contributed by atoms with E-state index in [0.29, 0.717) is 5.41 Å². The second-order valence-electron chi connectivity index (χ2n) is 10.5. The summed E-state index contributed by atoms with van der Waals surface area (Å²) in [5.74, 6) is 4.12. The monoisotopic (exact) mass is 466 g/mol. The Kier molecular flexibility index (Phi) is 4.87. The summed E-state index contributed by atoms with van der Waals surface area (Å²) in [6.07, 6.45) is 11.7. The minimum Gasteiger partial charge on any atom is -0.369 e. The number of hydrogen-bond donors (Lipinski definition) is 1. The van der Waals surface area contributed by atoms with Crippen molar-refractivity contribution in [1.82, 2.24) is 14.9 Å². The zero-order valence-corrected chi connectivity index (χ0v) is 19.2. The van der Waals surface area contributed by atoms with Gasteiger partial charge in [0.2, 0.25) is 0 Å². The van der Waals surface area contributed by atoms with Gasteiger partial charge in [-0.05, 0) is 85.8 Å². The van der Waals surface area contributed by atoms with E-state index in [1.165, 1.54) is 55.3 Å². The summed E-state index contributed by atoms with van der Waals surface area (Å²) in [6.45, 7) is 4.07. The van der Waals surface area contributed by atoms with E-state index in [1.807, 2.05) is 0 Å². The third kappa shape index (κ3) is 3.69. The van der Waals surface area contributed by atoms with Crippen LogP contribution in [0.2, 0.25) is 0 Å². The summed E-state index contributed by atoms with van der Waals surface area (Å²) in [4.78, 5) is 11.8. The second kappa shape index (κ2) is 7.59. The second-order valence-corrected chi connectivity index (χ2v) is 11.4. The molecule has 5 aliphatic rings. The van der Waals surface area contributed by atoms with Crippen LogP contribution in [0.3, 0.4) is 0 Å². The van der Waals surface area contributed by atoms with Crippen molar-refractivity contribution < 1.29 is 0 Å². The van der Waals surface area contributed by atoms with Gasteiger partial charge in [-0.3, -0.25) is 4.90 Å². The van der Waals surface area contributed by atoms with Gasteiger partial charge in [0.25, 0.3) is 0 Å². The first kappa shape index (κ1) is 19.2. The molecule has 1 N–H and O–H groups in total. The summed E-state index contributed by atoms with van der Waals surface area (Å²) in [5, 5.41) is 3.83. The molecule has 1 aliphatic heterocycles. The largest absolute Gasteiger partial charge is 0.369 e. The smallest absolute Gasteiger partial charge is 0.132 e. The molecule has 4 bridgehead atoms. The average Bonchev–Trinajstić information content (AvgIpc) is 2.71. The lowest BCUT2D eigenvalue weighted by molar-refractivity contribution is -0.0444. The van der Waals surface area contributed by atoms with Gasteiger partial charge in [0.1, 0.15) is 12.1 Å². The molecule has 0 radical (unpaired) electrons. The number of hydrogen-bond acceptors (Lipinski definition) is 4. The van der Waals surface area contributed by atoms with E-state index < -0.39 is 0 Å². The fraction of sp³-hybridized carbons (Fsp3) is 0.600. The number of anilines is 1. The normalized spacial score (nSPS) is 32.2. The van der Waals surface area contributed by atoms with Gasteiger partial charge < -0.3 is 5.32 Å². The van der Waals surface area contributed by atoms with Gasteiger partial charge in [0.05, 0.1) is 5.69 Å². The molecule has 1 aromatic carbocycles. The lowest BCUT2D eigenvalue weighted by atomic mass is 9.49. The Morgan fingerprint density at radius 1 is 1.07 bits per heavy atom. The zero-order chi connectivity index (χ0) is 20.1. The van der Waals surface area contributed by atoms with Gasteiger partial charge in [-0.25, -0.2) is 9.97 Å². The van der Waals surface area contributed by atoms with Gasteiger partial charge in [-0.1, -0.05) is 28.1 Å². The topological polar surface area (TPSA) is 41.1 Å². The molecular formula is C25H31BrN4. The third-order valence-electron chi connectivity index (χ3n) is 8.18. The molecule has 0 spiro atoms. The summed E-state index contributed by atoms with van der Waals surface area (Å²) in [7, 11) is 0. The van der Waals surface area contributed by atoms with E-state index in [0.717, 1.165) is 60.6 Å². The molecule has 4 saturated carbocycles.